The zero-order valence-electron chi connectivity index (χ0n) is 34.4. The molecule has 1 aliphatic heterocycles. The summed E-state index contributed by atoms with van der Waals surface area (Å²) < 4.78 is 15.6. The number of benzene rings is 8. The maximum atomic E-state index is 6.94. The van der Waals surface area contributed by atoms with Gasteiger partial charge in [0.2, 0.25) is 0 Å². The number of nitrogens with zero attached hydrogens (tertiary/aromatic N) is 4. The van der Waals surface area contributed by atoms with Crippen molar-refractivity contribution in [3.63, 3.8) is 0 Å². The Morgan fingerprint density at radius 1 is 0.635 bits per heavy atom. The molecule has 8 aromatic carbocycles. The van der Waals surface area contributed by atoms with Crippen molar-refractivity contribution in [2.75, 3.05) is 0 Å². The van der Waals surface area contributed by atoms with Gasteiger partial charge >= 0.3 is 0 Å². The third-order valence-corrected chi connectivity index (χ3v) is 13.3. The van der Waals surface area contributed by atoms with Crippen molar-refractivity contribution in [3.05, 3.63) is 206 Å². The van der Waals surface area contributed by atoms with Crippen molar-refractivity contribution in [2.24, 2.45) is 5.92 Å². The van der Waals surface area contributed by atoms with E-state index in [0.717, 1.165) is 66.3 Å². The van der Waals surface area contributed by atoms with Gasteiger partial charge in [0.25, 0.3) is 0 Å². The van der Waals surface area contributed by atoms with Crippen molar-refractivity contribution in [1.82, 2.24) is 19.5 Å². The number of aromatic nitrogens is 4. The third-order valence-electron chi connectivity index (χ3n) is 13.3. The van der Waals surface area contributed by atoms with Gasteiger partial charge in [-0.15, -0.1) is 0 Å². The van der Waals surface area contributed by atoms with Crippen LogP contribution in [0.2, 0.25) is 0 Å². The molecule has 0 spiro atoms. The molecule has 2 aliphatic rings. The molecule has 3 aromatic heterocycles. The summed E-state index contributed by atoms with van der Waals surface area (Å²) in [5, 5.41) is 11.3. The fourth-order valence-electron chi connectivity index (χ4n) is 10.2. The first kappa shape index (κ1) is 35.6. The van der Waals surface area contributed by atoms with E-state index in [1.165, 1.54) is 32.3 Å². The van der Waals surface area contributed by atoms with Crippen LogP contribution in [0.5, 0.6) is 0 Å². The molecule has 6 nitrogen and oxygen atoms in total. The maximum absolute atomic E-state index is 6.94. The molecule has 2 atom stereocenters. The first-order valence-corrected chi connectivity index (χ1v) is 21.5. The Hall–Kier alpha value is -8.09. The highest BCUT2D eigenvalue weighted by Crippen LogP contribution is 2.47. The second-order valence-electron chi connectivity index (χ2n) is 17.0. The minimum Gasteiger partial charge on any atom is -0.462 e. The fourth-order valence-corrected chi connectivity index (χ4v) is 10.2. The summed E-state index contributed by atoms with van der Waals surface area (Å²) >= 11 is 0. The molecule has 0 N–H and O–H groups in total. The van der Waals surface area contributed by atoms with Gasteiger partial charge in [-0.25, -0.2) is 15.0 Å². The van der Waals surface area contributed by atoms with Crippen LogP contribution in [-0.4, -0.2) is 19.5 Å². The molecule has 0 saturated heterocycles. The maximum Gasteiger partial charge on any atom is 0.164 e. The number of rotatable bonds is 4. The lowest BCUT2D eigenvalue weighted by Gasteiger charge is -2.37. The zero-order valence-corrected chi connectivity index (χ0v) is 34.4. The highest BCUT2D eigenvalue weighted by molar-refractivity contribution is 6.23. The van der Waals surface area contributed by atoms with Crippen LogP contribution in [-0.2, 0) is 10.2 Å². The molecule has 63 heavy (non-hydrogen) atoms. The number of furan rings is 1. The van der Waals surface area contributed by atoms with Gasteiger partial charge in [0.1, 0.15) is 28.5 Å². The van der Waals surface area contributed by atoms with Gasteiger partial charge in [0.05, 0.1) is 22.1 Å². The molecule has 0 radical (unpaired) electrons. The van der Waals surface area contributed by atoms with Crippen LogP contribution in [0, 0.1) is 5.92 Å². The van der Waals surface area contributed by atoms with Gasteiger partial charge in [0, 0.05) is 49.9 Å². The fraction of sp³-hybridized carbons (Fsp3) is 0.0702. The van der Waals surface area contributed by atoms with Gasteiger partial charge in [-0.1, -0.05) is 147 Å². The Labute approximate surface area is 362 Å². The van der Waals surface area contributed by atoms with E-state index in [4.69, 9.17) is 24.1 Å². The summed E-state index contributed by atoms with van der Waals surface area (Å²) in [7, 11) is 0. The molecule has 4 heterocycles. The van der Waals surface area contributed by atoms with Crippen LogP contribution in [0.1, 0.15) is 19.2 Å². The molecule has 6 heteroatoms. The van der Waals surface area contributed by atoms with Gasteiger partial charge in [0.15, 0.2) is 11.6 Å². The molecule has 0 fully saturated rings. The Morgan fingerprint density at radius 3 is 2.02 bits per heavy atom. The Balaban J connectivity index is 1.12. The van der Waals surface area contributed by atoms with Crippen LogP contribution < -0.4 is 0 Å². The van der Waals surface area contributed by atoms with Gasteiger partial charge in [-0.05, 0) is 76.0 Å². The van der Waals surface area contributed by atoms with Crippen LogP contribution in [0.3, 0.4) is 0 Å². The average Bonchev–Trinajstić information content (AvgIpc) is 3.86. The van der Waals surface area contributed by atoms with E-state index in [9.17, 15) is 0 Å². The topological polar surface area (TPSA) is 66.0 Å². The Kier molecular flexibility index (Phi) is 7.61. The summed E-state index contributed by atoms with van der Waals surface area (Å²) in [5.74, 6) is 3.35. The van der Waals surface area contributed by atoms with E-state index >= 15 is 0 Å². The van der Waals surface area contributed by atoms with Crippen molar-refractivity contribution < 1.29 is 9.15 Å². The zero-order chi connectivity index (χ0) is 41.8. The van der Waals surface area contributed by atoms with E-state index < -0.39 is 5.41 Å². The summed E-state index contributed by atoms with van der Waals surface area (Å²) in [6, 6.07) is 54.0. The lowest BCUT2D eigenvalue weighted by molar-refractivity contribution is 0.251. The number of fused-ring (bicyclic) bond motifs is 12. The number of allylic oxidation sites excluding steroid dienone is 6. The first-order valence-electron chi connectivity index (χ1n) is 21.5. The predicted octanol–water partition coefficient (Wildman–Crippen LogP) is 14.5. The molecule has 0 saturated carbocycles. The Morgan fingerprint density at radius 2 is 1.29 bits per heavy atom. The predicted molar refractivity (Wildman–Crippen MR) is 257 cm³/mol. The van der Waals surface area contributed by atoms with Gasteiger partial charge < -0.3 is 13.7 Å². The van der Waals surface area contributed by atoms with E-state index in [-0.39, 0.29) is 5.92 Å². The summed E-state index contributed by atoms with van der Waals surface area (Å²) in [5.41, 5.74) is 6.15. The molecule has 11 aromatic rings. The van der Waals surface area contributed by atoms with E-state index in [1.54, 1.807) is 0 Å². The molecule has 298 valence electrons. The second kappa shape index (κ2) is 13.5. The van der Waals surface area contributed by atoms with Crippen LogP contribution in [0.15, 0.2) is 205 Å². The normalized spacial score (nSPS) is 18.1. The second-order valence-corrected chi connectivity index (χ2v) is 17.0. The molecular weight excluding hydrogens is 773 g/mol. The smallest absolute Gasteiger partial charge is 0.164 e. The summed E-state index contributed by atoms with van der Waals surface area (Å²) in [6.45, 7) is 6.33. The van der Waals surface area contributed by atoms with Gasteiger partial charge in [-0.3, -0.25) is 0 Å². The van der Waals surface area contributed by atoms with E-state index in [1.807, 2.05) is 36.4 Å². The van der Waals surface area contributed by atoms with Gasteiger partial charge in [-0.2, -0.15) is 0 Å². The SMILES string of the molecule is C=C1/C=C\C(C)C2(c3nc(-c4ccccc4)nc(-c4cccc5oc6c7ccccc7c(-n7c8cc9ccccc9cc8c8cc9ccccc9cc87)cc6c45)n3)C=CC=C(C2)O1. The van der Waals surface area contributed by atoms with E-state index in [2.05, 4.69) is 164 Å². The lowest BCUT2D eigenvalue weighted by atomic mass is 9.70. The van der Waals surface area contributed by atoms with Crippen LogP contribution in [0.4, 0.5) is 0 Å². The summed E-state index contributed by atoms with van der Waals surface area (Å²) in [6.07, 6.45) is 11.0. The molecule has 2 bridgehead atoms. The molecule has 0 amide bonds. The quantitative estimate of drug-likeness (QED) is 0.177. The van der Waals surface area contributed by atoms with Crippen LogP contribution in [0.25, 0.3) is 105 Å². The minimum atomic E-state index is -0.594. The highest BCUT2D eigenvalue weighted by atomic mass is 16.5. The van der Waals surface area contributed by atoms with Crippen molar-refractivity contribution in [1.29, 1.82) is 0 Å². The van der Waals surface area contributed by atoms with Crippen LogP contribution >= 0.6 is 0 Å². The molecule has 1 aliphatic carbocycles. The largest absolute Gasteiger partial charge is 0.462 e. The number of hydrogen-bond donors (Lipinski definition) is 0. The monoisotopic (exact) mass is 810 g/mol. The van der Waals surface area contributed by atoms with Crippen molar-refractivity contribution in [2.45, 2.75) is 18.8 Å². The first-order chi connectivity index (χ1) is 31.0. The minimum absolute atomic E-state index is 0.0249. The van der Waals surface area contributed by atoms with E-state index in [0.29, 0.717) is 29.7 Å². The molecule has 13 rings (SSSR count). The summed E-state index contributed by atoms with van der Waals surface area (Å²) in [4.78, 5) is 16.0. The highest BCUT2D eigenvalue weighted by Gasteiger charge is 2.42. The molecular formula is C57H38N4O2. The molecule has 2 unspecified atom stereocenters. The number of ether oxygens (including phenoxy) is 1. The van der Waals surface area contributed by atoms with Crippen molar-refractivity contribution >= 4 is 76.1 Å². The lowest BCUT2D eigenvalue weighted by Crippen LogP contribution is -2.36. The Bertz CT molecular complexity index is 3760. The van der Waals surface area contributed by atoms with Crippen molar-refractivity contribution in [3.8, 4) is 28.5 Å². The standard InChI is InChI=1S/C57H38N4O2/c1-34-25-26-35(2)62-41-20-13-27-57(34,33-41)56-59-54(36-14-4-3-5-15-36)58-55(60-56)44-23-12-24-51-52(44)47-32-50(42-21-10-11-22-43(42)53(47)63-51)61-48-30-39-18-8-6-16-37(39)28-45(48)46-29-38-17-7-9-19-40(38)31-49(46)61/h3-32,34H,2,33H2,1H3/b26-25-. The average molecular weight is 811 g/mol. The number of hydrogen-bond acceptors (Lipinski definition) is 5. The third kappa shape index (κ3) is 5.41.